The van der Waals surface area contributed by atoms with Gasteiger partial charge in [-0.15, -0.1) is 0 Å². The molecule has 0 unspecified atom stereocenters. The van der Waals surface area contributed by atoms with E-state index in [9.17, 15) is 14.4 Å². The molecular formula is C34H39N7O4. The van der Waals surface area contributed by atoms with Crippen molar-refractivity contribution in [3.8, 4) is 33.6 Å². The molecule has 0 aliphatic carbocycles. The third kappa shape index (κ3) is 6.98. The summed E-state index contributed by atoms with van der Waals surface area (Å²) < 4.78 is 4.58. The summed E-state index contributed by atoms with van der Waals surface area (Å²) in [6.45, 7) is 9.92. The largest absolute Gasteiger partial charge is 0.453 e. The number of carbonyl (C=O) groups excluding carboxylic acids is 3. The van der Waals surface area contributed by atoms with Gasteiger partial charge in [0.1, 0.15) is 17.7 Å². The van der Waals surface area contributed by atoms with Gasteiger partial charge in [-0.25, -0.2) is 14.8 Å². The summed E-state index contributed by atoms with van der Waals surface area (Å²) in [5, 5.41) is 5.45. The molecule has 1 saturated heterocycles. The first kappa shape index (κ1) is 31.2. The molecule has 4 N–H and O–H groups in total. The van der Waals surface area contributed by atoms with Gasteiger partial charge in [-0.1, -0.05) is 69.0 Å². The summed E-state index contributed by atoms with van der Waals surface area (Å²) >= 11 is 0. The Bertz CT molecular complexity index is 1660. The lowest BCUT2D eigenvalue weighted by atomic mass is 10.0. The number of H-pyrrole nitrogens is 2. The lowest BCUT2D eigenvalue weighted by molar-refractivity contribution is -0.127. The Kier molecular flexibility index (Phi) is 9.46. The minimum Gasteiger partial charge on any atom is -0.453 e. The highest BCUT2D eigenvalue weighted by atomic mass is 16.5. The molecule has 3 atom stereocenters. The van der Waals surface area contributed by atoms with Gasteiger partial charge in [0.15, 0.2) is 0 Å². The molecule has 5 rings (SSSR count). The Morgan fingerprint density at radius 1 is 0.911 bits per heavy atom. The average molecular weight is 610 g/mol. The van der Waals surface area contributed by atoms with Gasteiger partial charge in [-0.3, -0.25) is 9.59 Å². The number of methoxy groups -OCH3 is 1. The van der Waals surface area contributed by atoms with Crippen molar-refractivity contribution >= 4 is 17.9 Å². The van der Waals surface area contributed by atoms with E-state index in [-0.39, 0.29) is 29.8 Å². The summed E-state index contributed by atoms with van der Waals surface area (Å²) in [5.74, 6) is 1.08. The van der Waals surface area contributed by atoms with Crippen LogP contribution in [0.2, 0.25) is 0 Å². The van der Waals surface area contributed by atoms with Crippen LogP contribution in [-0.4, -0.2) is 62.4 Å². The fraction of sp³-hybridized carbons (Fsp3) is 0.324. The van der Waals surface area contributed by atoms with Crippen molar-refractivity contribution in [1.29, 1.82) is 0 Å². The Morgan fingerprint density at radius 2 is 1.49 bits per heavy atom. The van der Waals surface area contributed by atoms with Crippen molar-refractivity contribution < 1.29 is 19.1 Å². The van der Waals surface area contributed by atoms with E-state index < -0.39 is 12.1 Å². The van der Waals surface area contributed by atoms with E-state index in [1.165, 1.54) is 13.2 Å². The van der Waals surface area contributed by atoms with Gasteiger partial charge < -0.3 is 30.2 Å². The number of amides is 3. The second-order valence-electron chi connectivity index (χ2n) is 11.5. The number of likely N-dealkylation sites (tertiary alicyclic amines) is 1. The number of hydrogen-bond donors (Lipinski definition) is 4. The topological polar surface area (TPSA) is 145 Å². The molecule has 2 aromatic carbocycles. The highest BCUT2D eigenvalue weighted by Crippen LogP contribution is 2.32. The minimum absolute atomic E-state index is 0.0517. The van der Waals surface area contributed by atoms with Crippen molar-refractivity contribution in [3.63, 3.8) is 0 Å². The number of rotatable bonds is 10. The second-order valence-corrected chi connectivity index (χ2v) is 11.5. The summed E-state index contributed by atoms with van der Waals surface area (Å²) in [7, 11) is 1.25. The molecule has 11 nitrogen and oxygen atoms in total. The molecule has 4 aromatic rings. The molecule has 1 aliphatic rings. The smallest absolute Gasteiger partial charge is 0.407 e. The van der Waals surface area contributed by atoms with E-state index >= 15 is 0 Å². The highest BCUT2D eigenvalue weighted by Gasteiger charge is 2.31. The second kappa shape index (κ2) is 13.6. The van der Waals surface area contributed by atoms with E-state index in [1.807, 2.05) is 37.1 Å². The van der Waals surface area contributed by atoms with E-state index in [0.717, 1.165) is 52.3 Å². The normalized spacial score (nSPS) is 15.8. The van der Waals surface area contributed by atoms with Gasteiger partial charge in [-0.2, -0.15) is 0 Å². The van der Waals surface area contributed by atoms with E-state index in [1.54, 1.807) is 13.1 Å². The third-order valence-corrected chi connectivity index (χ3v) is 8.11. The number of ether oxygens (including phenoxy) is 1. The monoisotopic (exact) mass is 609 g/mol. The van der Waals surface area contributed by atoms with Crippen LogP contribution in [0.1, 0.15) is 57.3 Å². The Balaban J connectivity index is 1.25. The van der Waals surface area contributed by atoms with Crippen LogP contribution < -0.4 is 10.6 Å². The van der Waals surface area contributed by atoms with Gasteiger partial charge in [-0.05, 0) is 54.0 Å². The molecule has 11 heteroatoms. The summed E-state index contributed by atoms with van der Waals surface area (Å²) in [6, 6.07) is 15.3. The molecule has 1 fully saturated rings. The van der Waals surface area contributed by atoms with Crippen LogP contribution in [0.3, 0.4) is 0 Å². The van der Waals surface area contributed by atoms with Crippen LogP contribution in [0, 0.1) is 5.92 Å². The quantitative estimate of drug-likeness (QED) is 0.174. The number of nitrogens with zero attached hydrogens (tertiary/aromatic N) is 3. The molecular weight excluding hydrogens is 570 g/mol. The van der Waals surface area contributed by atoms with Crippen LogP contribution in [0.5, 0.6) is 0 Å². The minimum atomic E-state index is -0.760. The average Bonchev–Trinajstić information content (AvgIpc) is 3.84. The standard InChI is InChI=1S/C34H39N7O4/c1-6-29(42)41-17-7-8-28(41)31-35-18-26(38-31)24-13-9-22(10-14-24)23-11-15-25(16-12-23)27-19-36-32(39-27)30(20(2)3)40-33(43)21(4)37-34(44)45-5/h6,9-16,18-21,28,30H,1,7-8,17H2,2-5H3,(H,35,38)(H,36,39)(H,37,44)(H,40,43)/t21-,28-,30-/m0/s1. The number of nitrogens with one attached hydrogen (secondary N) is 4. The number of carbonyl (C=O) groups is 3. The summed E-state index contributed by atoms with van der Waals surface area (Å²) in [4.78, 5) is 54.1. The van der Waals surface area contributed by atoms with Crippen LogP contribution in [-0.2, 0) is 14.3 Å². The van der Waals surface area contributed by atoms with Crippen molar-refractivity contribution in [2.45, 2.75) is 51.7 Å². The first-order valence-electron chi connectivity index (χ1n) is 15.1. The maximum Gasteiger partial charge on any atom is 0.407 e. The van der Waals surface area contributed by atoms with Gasteiger partial charge in [0, 0.05) is 6.54 Å². The van der Waals surface area contributed by atoms with Crippen molar-refractivity contribution in [2.75, 3.05) is 13.7 Å². The first-order chi connectivity index (χ1) is 21.7. The Labute approximate surface area is 262 Å². The number of aromatic nitrogens is 4. The molecule has 2 aromatic heterocycles. The van der Waals surface area contributed by atoms with Crippen molar-refractivity contribution in [2.24, 2.45) is 5.92 Å². The third-order valence-electron chi connectivity index (χ3n) is 8.11. The molecule has 3 amide bonds. The predicted molar refractivity (Wildman–Crippen MR) is 172 cm³/mol. The maximum atomic E-state index is 12.7. The number of benzene rings is 2. The Hall–Kier alpha value is -5.19. The zero-order chi connectivity index (χ0) is 32.1. The first-order valence-corrected chi connectivity index (χ1v) is 15.1. The van der Waals surface area contributed by atoms with Crippen molar-refractivity contribution in [3.05, 3.63) is 85.2 Å². The van der Waals surface area contributed by atoms with E-state index in [4.69, 9.17) is 0 Å². The maximum absolute atomic E-state index is 12.7. The van der Waals surface area contributed by atoms with Gasteiger partial charge >= 0.3 is 6.09 Å². The number of hydrogen-bond acceptors (Lipinski definition) is 6. The fourth-order valence-corrected chi connectivity index (χ4v) is 5.54. The predicted octanol–water partition coefficient (Wildman–Crippen LogP) is 5.54. The van der Waals surface area contributed by atoms with Crippen LogP contribution in [0.4, 0.5) is 4.79 Å². The van der Waals surface area contributed by atoms with Crippen LogP contribution >= 0.6 is 0 Å². The van der Waals surface area contributed by atoms with Gasteiger partial charge in [0.05, 0.1) is 43.0 Å². The zero-order valence-corrected chi connectivity index (χ0v) is 26.0. The molecule has 45 heavy (non-hydrogen) atoms. The molecule has 1 aliphatic heterocycles. The van der Waals surface area contributed by atoms with Gasteiger partial charge in [0.25, 0.3) is 0 Å². The molecule has 0 spiro atoms. The summed E-state index contributed by atoms with van der Waals surface area (Å²) in [6.07, 6.45) is 6.10. The lowest BCUT2D eigenvalue weighted by Gasteiger charge is -2.22. The highest BCUT2D eigenvalue weighted by molar-refractivity contribution is 5.87. The lowest BCUT2D eigenvalue weighted by Crippen LogP contribution is -2.46. The molecule has 234 valence electrons. The molecule has 3 heterocycles. The number of alkyl carbamates (subject to hydrolysis) is 1. The van der Waals surface area contributed by atoms with Crippen LogP contribution in [0.25, 0.3) is 33.6 Å². The van der Waals surface area contributed by atoms with E-state index in [2.05, 4.69) is 78.3 Å². The van der Waals surface area contributed by atoms with Crippen LogP contribution in [0.15, 0.2) is 73.6 Å². The molecule has 0 bridgehead atoms. The fourth-order valence-electron chi connectivity index (χ4n) is 5.54. The van der Waals surface area contributed by atoms with Crippen molar-refractivity contribution in [1.82, 2.24) is 35.5 Å². The number of imidazole rings is 2. The Morgan fingerprint density at radius 3 is 2.07 bits per heavy atom. The molecule has 0 radical (unpaired) electrons. The SMILES string of the molecule is C=CC(=O)N1CCC[C@H]1c1ncc(-c2ccc(-c3ccc(-c4cnc([C@@H](NC(=O)[C@H](C)NC(=O)OC)C(C)C)[nH]4)cc3)cc2)[nH]1. The zero-order valence-electron chi connectivity index (χ0n) is 26.0. The van der Waals surface area contributed by atoms with E-state index in [0.29, 0.717) is 12.4 Å². The summed E-state index contributed by atoms with van der Waals surface area (Å²) in [5.41, 5.74) is 5.86. The molecule has 0 saturated carbocycles. The number of aromatic amines is 2. The van der Waals surface area contributed by atoms with Gasteiger partial charge in [0.2, 0.25) is 11.8 Å².